The number of H-pyrrole nitrogens is 1. The van der Waals surface area contributed by atoms with E-state index < -0.39 is 0 Å². The molecule has 1 aromatic carbocycles. The molecule has 1 N–H and O–H groups in total. The second-order valence-corrected chi connectivity index (χ2v) is 7.32. The van der Waals surface area contributed by atoms with Crippen LogP contribution < -0.4 is 0 Å². The van der Waals surface area contributed by atoms with Crippen LogP contribution in [0.3, 0.4) is 0 Å². The van der Waals surface area contributed by atoms with Gasteiger partial charge in [0.05, 0.1) is 24.6 Å². The summed E-state index contributed by atoms with van der Waals surface area (Å²) in [6.45, 7) is 6.00. The molecular formula is C22H22N4O. The number of hydrogen-bond acceptors (Lipinski definition) is 4. The Morgan fingerprint density at radius 2 is 2.04 bits per heavy atom. The second-order valence-electron chi connectivity index (χ2n) is 7.32. The van der Waals surface area contributed by atoms with Crippen molar-refractivity contribution in [1.29, 1.82) is 0 Å². The van der Waals surface area contributed by atoms with E-state index in [1.807, 2.05) is 12.4 Å². The topological polar surface area (TPSA) is 58.0 Å². The SMILES string of the molecule is Cc1ccc2oc(CN3CCc4[nH]cnc4[C@H]3c3ccncc3)c(C)c2c1. The molecule has 0 unspecified atom stereocenters. The Balaban J connectivity index is 1.55. The lowest BCUT2D eigenvalue weighted by molar-refractivity contribution is 0.186. The van der Waals surface area contributed by atoms with Gasteiger partial charge in [-0.3, -0.25) is 9.88 Å². The van der Waals surface area contributed by atoms with Crippen LogP contribution in [0.4, 0.5) is 0 Å². The van der Waals surface area contributed by atoms with Gasteiger partial charge in [0.25, 0.3) is 0 Å². The molecule has 0 saturated carbocycles. The van der Waals surface area contributed by atoms with Crippen LogP contribution in [0.25, 0.3) is 11.0 Å². The fraction of sp³-hybridized carbons (Fsp3) is 0.273. The number of benzene rings is 1. The first-order valence-electron chi connectivity index (χ1n) is 9.35. The molecule has 0 saturated heterocycles. The summed E-state index contributed by atoms with van der Waals surface area (Å²) in [5.74, 6) is 1.04. The molecule has 3 aromatic heterocycles. The highest BCUT2D eigenvalue weighted by Crippen LogP contribution is 2.36. The van der Waals surface area contributed by atoms with Gasteiger partial charge in [0.1, 0.15) is 11.3 Å². The van der Waals surface area contributed by atoms with Crippen molar-refractivity contribution in [3.8, 4) is 0 Å². The maximum absolute atomic E-state index is 6.23. The highest BCUT2D eigenvalue weighted by atomic mass is 16.3. The molecule has 0 radical (unpaired) electrons. The monoisotopic (exact) mass is 358 g/mol. The fourth-order valence-electron chi connectivity index (χ4n) is 4.13. The summed E-state index contributed by atoms with van der Waals surface area (Å²) >= 11 is 0. The Labute approximate surface area is 158 Å². The quantitative estimate of drug-likeness (QED) is 0.593. The number of fused-ring (bicyclic) bond motifs is 2. The zero-order chi connectivity index (χ0) is 18.4. The van der Waals surface area contributed by atoms with Crippen LogP contribution in [0.2, 0.25) is 0 Å². The van der Waals surface area contributed by atoms with Crippen LogP contribution in [0, 0.1) is 13.8 Å². The Hall–Kier alpha value is -2.92. The van der Waals surface area contributed by atoms with Crippen molar-refractivity contribution in [2.75, 3.05) is 6.54 Å². The van der Waals surface area contributed by atoms with Crippen LogP contribution in [-0.2, 0) is 13.0 Å². The Kier molecular flexibility index (Phi) is 3.83. The Morgan fingerprint density at radius 1 is 1.19 bits per heavy atom. The molecule has 136 valence electrons. The summed E-state index contributed by atoms with van der Waals surface area (Å²) in [6.07, 6.45) is 6.47. The lowest BCUT2D eigenvalue weighted by Gasteiger charge is -2.34. The van der Waals surface area contributed by atoms with E-state index in [0.29, 0.717) is 0 Å². The average Bonchev–Trinajstić information content (AvgIpc) is 3.28. The number of aryl methyl sites for hydroxylation is 2. The van der Waals surface area contributed by atoms with Crippen LogP contribution >= 0.6 is 0 Å². The number of nitrogens with one attached hydrogen (secondary N) is 1. The van der Waals surface area contributed by atoms with E-state index in [2.05, 4.69) is 64.0 Å². The van der Waals surface area contributed by atoms with Gasteiger partial charge in [0, 0.05) is 36.4 Å². The molecule has 4 aromatic rings. The number of aromatic nitrogens is 3. The first-order valence-corrected chi connectivity index (χ1v) is 9.35. The molecule has 5 rings (SSSR count). The minimum Gasteiger partial charge on any atom is -0.459 e. The van der Waals surface area contributed by atoms with Crippen molar-refractivity contribution in [2.24, 2.45) is 0 Å². The van der Waals surface area contributed by atoms with Gasteiger partial charge in [0.2, 0.25) is 0 Å². The summed E-state index contributed by atoms with van der Waals surface area (Å²) in [4.78, 5) is 14.6. The second kappa shape index (κ2) is 6.35. The Bertz CT molecular complexity index is 1100. The molecule has 5 heteroatoms. The first-order chi connectivity index (χ1) is 13.2. The van der Waals surface area contributed by atoms with Gasteiger partial charge in [-0.25, -0.2) is 4.98 Å². The molecule has 0 fully saturated rings. The van der Waals surface area contributed by atoms with Gasteiger partial charge in [-0.1, -0.05) is 11.6 Å². The third-order valence-electron chi connectivity index (χ3n) is 5.58. The lowest BCUT2D eigenvalue weighted by Crippen LogP contribution is -2.35. The zero-order valence-corrected chi connectivity index (χ0v) is 15.6. The maximum Gasteiger partial charge on any atom is 0.134 e. The molecule has 0 bridgehead atoms. The van der Waals surface area contributed by atoms with Crippen molar-refractivity contribution < 1.29 is 4.42 Å². The van der Waals surface area contributed by atoms with E-state index in [1.165, 1.54) is 27.8 Å². The predicted octanol–water partition coefficient (Wildman–Crippen LogP) is 4.32. The van der Waals surface area contributed by atoms with Crippen LogP contribution in [-0.4, -0.2) is 26.4 Å². The number of hydrogen-bond donors (Lipinski definition) is 1. The van der Waals surface area contributed by atoms with E-state index >= 15 is 0 Å². The molecule has 1 aliphatic heterocycles. The van der Waals surface area contributed by atoms with Gasteiger partial charge >= 0.3 is 0 Å². The van der Waals surface area contributed by atoms with Crippen molar-refractivity contribution in [1.82, 2.24) is 19.9 Å². The van der Waals surface area contributed by atoms with E-state index in [4.69, 9.17) is 4.42 Å². The number of imidazole rings is 1. The molecule has 5 nitrogen and oxygen atoms in total. The summed E-state index contributed by atoms with van der Waals surface area (Å²) in [7, 11) is 0. The van der Waals surface area contributed by atoms with Gasteiger partial charge in [-0.2, -0.15) is 0 Å². The van der Waals surface area contributed by atoms with Crippen molar-refractivity contribution in [3.05, 3.63) is 82.9 Å². The molecule has 4 heterocycles. The van der Waals surface area contributed by atoms with E-state index in [1.54, 1.807) is 6.33 Å². The minimum atomic E-state index is 0.109. The molecule has 27 heavy (non-hydrogen) atoms. The standard InChI is InChI=1S/C22H22N4O/c1-14-3-4-19-17(11-14)15(2)20(27-19)12-26-10-7-18-21(25-13-24-18)22(26)16-5-8-23-9-6-16/h3-6,8-9,11,13,22H,7,10,12H2,1-2H3,(H,24,25)/t22-/m1/s1. The largest absolute Gasteiger partial charge is 0.459 e. The van der Waals surface area contributed by atoms with E-state index in [-0.39, 0.29) is 6.04 Å². The van der Waals surface area contributed by atoms with Crippen LogP contribution in [0.1, 0.15) is 39.9 Å². The normalized spacial score (nSPS) is 17.3. The molecule has 0 spiro atoms. The minimum absolute atomic E-state index is 0.109. The first kappa shape index (κ1) is 16.3. The highest BCUT2D eigenvalue weighted by molar-refractivity contribution is 5.82. The molecule has 0 aliphatic carbocycles. The summed E-state index contributed by atoms with van der Waals surface area (Å²) in [5.41, 5.74) is 7.00. The van der Waals surface area contributed by atoms with Gasteiger partial charge in [-0.05, 0) is 49.2 Å². The number of rotatable bonds is 3. The number of furan rings is 1. The third-order valence-corrected chi connectivity index (χ3v) is 5.58. The third kappa shape index (κ3) is 2.75. The number of aromatic amines is 1. The summed E-state index contributed by atoms with van der Waals surface area (Å²) in [5, 5.41) is 1.21. The van der Waals surface area contributed by atoms with Crippen LogP contribution in [0.15, 0.2) is 53.5 Å². The molecule has 1 aliphatic rings. The van der Waals surface area contributed by atoms with Crippen molar-refractivity contribution in [3.63, 3.8) is 0 Å². The molecule has 1 atom stereocenters. The Morgan fingerprint density at radius 3 is 2.89 bits per heavy atom. The van der Waals surface area contributed by atoms with Gasteiger partial charge < -0.3 is 9.40 Å². The summed E-state index contributed by atoms with van der Waals surface area (Å²) in [6, 6.07) is 10.7. The van der Waals surface area contributed by atoms with Crippen LogP contribution in [0.5, 0.6) is 0 Å². The predicted molar refractivity (Wildman–Crippen MR) is 104 cm³/mol. The number of pyridine rings is 1. The maximum atomic E-state index is 6.23. The highest BCUT2D eigenvalue weighted by Gasteiger charge is 2.32. The van der Waals surface area contributed by atoms with Crippen molar-refractivity contribution in [2.45, 2.75) is 32.9 Å². The molecular weight excluding hydrogens is 336 g/mol. The molecule has 0 amide bonds. The zero-order valence-electron chi connectivity index (χ0n) is 15.6. The smallest absolute Gasteiger partial charge is 0.134 e. The van der Waals surface area contributed by atoms with Gasteiger partial charge in [-0.15, -0.1) is 0 Å². The average molecular weight is 358 g/mol. The van der Waals surface area contributed by atoms with Crippen molar-refractivity contribution >= 4 is 11.0 Å². The van der Waals surface area contributed by atoms with E-state index in [0.717, 1.165) is 36.5 Å². The lowest BCUT2D eigenvalue weighted by atomic mass is 9.96. The van der Waals surface area contributed by atoms with Gasteiger partial charge in [0.15, 0.2) is 0 Å². The van der Waals surface area contributed by atoms with E-state index in [9.17, 15) is 0 Å². The number of nitrogens with zero attached hydrogens (tertiary/aromatic N) is 3. The fourth-order valence-corrected chi connectivity index (χ4v) is 4.13. The summed E-state index contributed by atoms with van der Waals surface area (Å²) < 4.78 is 6.23.